The second kappa shape index (κ2) is 10.9. The van der Waals surface area contributed by atoms with E-state index in [1.54, 1.807) is 0 Å². The van der Waals surface area contributed by atoms with E-state index in [0.717, 1.165) is 74.0 Å². The molecule has 2 aromatic rings. The summed E-state index contributed by atoms with van der Waals surface area (Å²) in [6.45, 7) is 6.19. The molecule has 2 aromatic carbocycles. The third-order valence-corrected chi connectivity index (χ3v) is 5.75. The van der Waals surface area contributed by atoms with Gasteiger partial charge in [-0.1, -0.05) is 18.2 Å². The zero-order chi connectivity index (χ0) is 22.2. The Morgan fingerprint density at radius 2 is 1.72 bits per heavy atom. The Bertz CT molecular complexity index is 937. The van der Waals surface area contributed by atoms with Crippen LogP contribution in [0, 0.1) is 0 Å². The Morgan fingerprint density at radius 3 is 2.50 bits per heavy atom. The molecule has 2 N–H and O–H groups in total. The molecule has 4 rings (SSSR count). The number of ether oxygens (including phenoxy) is 2. The topological polar surface area (TPSA) is 75.2 Å². The van der Waals surface area contributed by atoms with Gasteiger partial charge in [0.1, 0.15) is 0 Å². The summed E-state index contributed by atoms with van der Waals surface area (Å²) >= 11 is 0. The highest BCUT2D eigenvalue weighted by Gasteiger charge is 2.18. The minimum atomic E-state index is 0.137. The fourth-order valence-electron chi connectivity index (χ4n) is 3.97. The third kappa shape index (κ3) is 5.72. The number of hydrogen-bond acceptors (Lipinski definition) is 4. The highest BCUT2D eigenvalue weighted by atomic mass is 16.7. The number of benzene rings is 2. The number of carbonyl (C=O) groups excluding carboxylic acids is 1. The van der Waals surface area contributed by atoms with Gasteiger partial charge in [0.2, 0.25) is 6.79 Å². The number of amides is 1. The van der Waals surface area contributed by atoms with E-state index in [1.165, 1.54) is 12.0 Å². The summed E-state index contributed by atoms with van der Waals surface area (Å²) in [4.78, 5) is 19.3. The van der Waals surface area contributed by atoms with E-state index in [1.807, 2.05) is 41.3 Å². The highest BCUT2D eigenvalue weighted by molar-refractivity contribution is 5.94. The first kappa shape index (κ1) is 22.0. The number of guanidine groups is 1. The predicted octanol–water partition coefficient (Wildman–Crippen LogP) is 3.34. The zero-order valence-corrected chi connectivity index (χ0v) is 18.7. The number of likely N-dealkylation sites (tertiary alicyclic amines) is 1. The Morgan fingerprint density at radius 1 is 0.969 bits per heavy atom. The molecule has 0 bridgehead atoms. The van der Waals surface area contributed by atoms with Gasteiger partial charge in [0, 0.05) is 31.7 Å². The van der Waals surface area contributed by atoms with E-state index >= 15 is 0 Å². The monoisotopic (exact) mass is 436 g/mol. The summed E-state index contributed by atoms with van der Waals surface area (Å²) in [6.07, 6.45) is 4.29. The minimum absolute atomic E-state index is 0.137. The fourth-order valence-corrected chi connectivity index (χ4v) is 3.97. The molecule has 0 atom stereocenters. The number of hydrogen-bond donors (Lipinski definition) is 2. The molecule has 2 aliphatic heterocycles. The van der Waals surface area contributed by atoms with Gasteiger partial charge in [-0.05, 0) is 68.0 Å². The first-order chi connectivity index (χ1) is 15.7. The molecule has 7 heteroatoms. The van der Waals surface area contributed by atoms with Crippen molar-refractivity contribution >= 4 is 11.9 Å². The summed E-state index contributed by atoms with van der Waals surface area (Å²) in [5.41, 5.74) is 3.02. The molecule has 0 unspecified atom stereocenters. The fraction of sp³-hybridized carbons (Fsp3) is 0.440. The van der Waals surface area contributed by atoms with Crippen molar-refractivity contribution in [1.29, 1.82) is 0 Å². The lowest BCUT2D eigenvalue weighted by Crippen LogP contribution is -2.38. The molecular formula is C25H32N4O3. The summed E-state index contributed by atoms with van der Waals surface area (Å²) in [5, 5.41) is 6.67. The number of carbonyl (C=O) groups is 1. The molecule has 32 heavy (non-hydrogen) atoms. The Balaban J connectivity index is 1.29. The molecule has 1 amide bonds. The Labute approximate surface area is 189 Å². The van der Waals surface area contributed by atoms with Crippen molar-refractivity contribution in [2.75, 3.05) is 33.0 Å². The van der Waals surface area contributed by atoms with Crippen LogP contribution in [0.3, 0.4) is 0 Å². The first-order valence-electron chi connectivity index (χ1n) is 11.5. The standard InChI is InChI=1S/C25H32N4O3/c1-2-26-25(27-13-12-19-8-11-22-23(16-19)32-18-31-22)28-17-20-6-9-21(10-7-20)24(30)29-14-4-3-5-15-29/h6-11,16H,2-5,12-15,17-18H2,1H3,(H2,26,27,28). The van der Waals surface area contributed by atoms with Crippen LogP contribution in [0.4, 0.5) is 0 Å². The first-order valence-corrected chi connectivity index (χ1v) is 11.5. The van der Waals surface area contributed by atoms with Crippen LogP contribution in [0.25, 0.3) is 0 Å². The van der Waals surface area contributed by atoms with Gasteiger partial charge < -0.3 is 25.0 Å². The number of rotatable bonds is 7. The molecule has 0 aliphatic carbocycles. The molecule has 7 nitrogen and oxygen atoms in total. The molecule has 170 valence electrons. The number of nitrogens with zero attached hydrogens (tertiary/aromatic N) is 2. The van der Waals surface area contributed by atoms with Crippen molar-refractivity contribution in [2.45, 2.75) is 39.2 Å². The van der Waals surface area contributed by atoms with Gasteiger partial charge in [0.25, 0.3) is 5.91 Å². The number of aliphatic imine (C=N–C) groups is 1. The molecule has 1 fully saturated rings. The molecule has 0 radical (unpaired) electrons. The highest BCUT2D eigenvalue weighted by Crippen LogP contribution is 2.32. The van der Waals surface area contributed by atoms with Gasteiger partial charge in [-0.3, -0.25) is 4.79 Å². The number of nitrogens with one attached hydrogen (secondary N) is 2. The van der Waals surface area contributed by atoms with Crippen molar-refractivity contribution < 1.29 is 14.3 Å². The number of fused-ring (bicyclic) bond motifs is 1. The zero-order valence-electron chi connectivity index (χ0n) is 18.7. The van der Waals surface area contributed by atoms with Gasteiger partial charge in [-0.15, -0.1) is 0 Å². The van der Waals surface area contributed by atoms with Crippen LogP contribution in [-0.2, 0) is 13.0 Å². The van der Waals surface area contributed by atoms with Crippen LogP contribution in [0.2, 0.25) is 0 Å². The maximum Gasteiger partial charge on any atom is 0.253 e. The quantitative estimate of drug-likeness (QED) is 0.514. The largest absolute Gasteiger partial charge is 0.454 e. The van der Waals surface area contributed by atoms with Gasteiger partial charge in [0.05, 0.1) is 6.54 Å². The second-order valence-electron chi connectivity index (χ2n) is 8.11. The summed E-state index contributed by atoms with van der Waals surface area (Å²) in [6, 6.07) is 13.9. The van der Waals surface area contributed by atoms with E-state index in [-0.39, 0.29) is 5.91 Å². The normalized spacial score (nSPS) is 15.5. The minimum Gasteiger partial charge on any atom is -0.454 e. The van der Waals surface area contributed by atoms with E-state index in [4.69, 9.17) is 14.5 Å². The van der Waals surface area contributed by atoms with Crippen LogP contribution >= 0.6 is 0 Å². The average Bonchev–Trinajstić information content (AvgIpc) is 3.31. The molecule has 1 saturated heterocycles. The second-order valence-corrected chi connectivity index (χ2v) is 8.11. The van der Waals surface area contributed by atoms with E-state index in [2.05, 4.69) is 23.6 Å². The maximum atomic E-state index is 12.6. The third-order valence-electron chi connectivity index (χ3n) is 5.75. The van der Waals surface area contributed by atoms with Gasteiger partial charge >= 0.3 is 0 Å². The van der Waals surface area contributed by atoms with Gasteiger partial charge in [-0.25, -0.2) is 4.99 Å². The number of piperidine rings is 1. The van der Waals surface area contributed by atoms with Crippen molar-refractivity contribution in [3.05, 3.63) is 59.2 Å². The van der Waals surface area contributed by atoms with Crippen LogP contribution in [0.15, 0.2) is 47.5 Å². The summed E-state index contributed by atoms with van der Waals surface area (Å²) in [5.74, 6) is 2.53. The van der Waals surface area contributed by atoms with E-state index in [0.29, 0.717) is 13.3 Å². The average molecular weight is 437 g/mol. The van der Waals surface area contributed by atoms with E-state index in [9.17, 15) is 4.79 Å². The molecule has 0 aromatic heterocycles. The van der Waals surface area contributed by atoms with Crippen LogP contribution in [-0.4, -0.2) is 49.7 Å². The SMILES string of the molecule is CCNC(=NCc1ccc(C(=O)N2CCCCC2)cc1)NCCc1ccc2c(c1)OCO2. The Hall–Kier alpha value is -3.22. The summed E-state index contributed by atoms with van der Waals surface area (Å²) < 4.78 is 10.8. The lowest BCUT2D eigenvalue weighted by Gasteiger charge is -2.26. The maximum absolute atomic E-state index is 12.6. The molecular weight excluding hydrogens is 404 g/mol. The summed E-state index contributed by atoms with van der Waals surface area (Å²) in [7, 11) is 0. The molecule has 0 spiro atoms. The predicted molar refractivity (Wildman–Crippen MR) is 125 cm³/mol. The van der Waals surface area contributed by atoms with Crippen LogP contribution < -0.4 is 20.1 Å². The van der Waals surface area contributed by atoms with Crippen LogP contribution in [0.1, 0.15) is 47.7 Å². The van der Waals surface area contributed by atoms with Crippen molar-refractivity contribution in [3.8, 4) is 11.5 Å². The lowest BCUT2D eigenvalue weighted by molar-refractivity contribution is 0.0724. The smallest absolute Gasteiger partial charge is 0.253 e. The van der Waals surface area contributed by atoms with E-state index < -0.39 is 0 Å². The van der Waals surface area contributed by atoms with Crippen molar-refractivity contribution in [1.82, 2.24) is 15.5 Å². The Kier molecular flexibility index (Phi) is 7.48. The lowest BCUT2D eigenvalue weighted by atomic mass is 10.1. The molecule has 2 heterocycles. The molecule has 0 saturated carbocycles. The van der Waals surface area contributed by atoms with Crippen molar-refractivity contribution in [2.24, 2.45) is 4.99 Å². The molecule has 2 aliphatic rings. The van der Waals surface area contributed by atoms with Crippen molar-refractivity contribution in [3.63, 3.8) is 0 Å². The van der Waals surface area contributed by atoms with Crippen LogP contribution in [0.5, 0.6) is 11.5 Å². The van der Waals surface area contributed by atoms with Gasteiger partial charge in [0.15, 0.2) is 17.5 Å². The van der Waals surface area contributed by atoms with Gasteiger partial charge in [-0.2, -0.15) is 0 Å².